The summed E-state index contributed by atoms with van der Waals surface area (Å²) in [5, 5.41) is 13.1. The highest BCUT2D eigenvalue weighted by Gasteiger charge is 2.34. The molecule has 2 amide bonds. The average Bonchev–Trinajstić information content (AvgIpc) is 2.86. The summed E-state index contributed by atoms with van der Waals surface area (Å²) >= 11 is 0. The van der Waals surface area contributed by atoms with Gasteiger partial charge in [0, 0.05) is 7.05 Å². The fourth-order valence-electron chi connectivity index (χ4n) is 2.82. The molecule has 24 heavy (non-hydrogen) atoms. The Hall–Kier alpha value is -2.86. The first-order chi connectivity index (χ1) is 11.5. The minimum absolute atomic E-state index is 0.0459. The Morgan fingerprint density at radius 1 is 1.25 bits per heavy atom. The molecule has 0 aliphatic carbocycles. The smallest absolute Gasteiger partial charge is 0.289 e. The summed E-state index contributed by atoms with van der Waals surface area (Å²) in [4.78, 5) is 30.8. The van der Waals surface area contributed by atoms with Crippen molar-refractivity contribution in [1.29, 1.82) is 0 Å². The van der Waals surface area contributed by atoms with E-state index in [0.29, 0.717) is 0 Å². The molecule has 6 nitrogen and oxygen atoms in total. The van der Waals surface area contributed by atoms with Crippen LogP contribution in [0.5, 0.6) is 0 Å². The predicted molar refractivity (Wildman–Crippen MR) is 88.8 cm³/mol. The summed E-state index contributed by atoms with van der Waals surface area (Å²) in [6.45, 7) is 0.282. The van der Waals surface area contributed by atoms with E-state index in [-0.39, 0.29) is 18.7 Å². The lowest BCUT2D eigenvalue weighted by Gasteiger charge is -2.21. The third-order valence-electron chi connectivity index (χ3n) is 4.13. The SMILES string of the molecule is CON(Cc1cccc2ccccc12)C(=O)C1=C(O)C(=O)N(C)C1. The maximum Gasteiger partial charge on any atom is 0.289 e. The molecule has 0 bridgehead atoms. The molecule has 1 aliphatic rings. The summed E-state index contributed by atoms with van der Waals surface area (Å²) in [6, 6.07) is 13.7. The normalized spacial score (nSPS) is 14.6. The van der Waals surface area contributed by atoms with Crippen molar-refractivity contribution in [2.24, 2.45) is 0 Å². The predicted octanol–water partition coefficient (Wildman–Crippen LogP) is 2.01. The number of hydrogen-bond donors (Lipinski definition) is 1. The zero-order valence-electron chi connectivity index (χ0n) is 13.5. The van der Waals surface area contributed by atoms with Crippen molar-refractivity contribution >= 4 is 22.6 Å². The molecule has 0 spiro atoms. The molecule has 3 rings (SSSR count). The van der Waals surface area contributed by atoms with Gasteiger partial charge in [-0.3, -0.25) is 14.4 Å². The van der Waals surface area contributed by atoms with Gasteiger partial charge in [0.15, 0.2) is 5.76 Å². The number of hydroxylamine groups is 2. The molecule has 0 fully saturated rings. The fourth-order valence-corrected chi connectivity index (χ4v) is 2.82. The average molecular weight is 326 g/mol. The number of nitrogens with zero attached hydrogens (tertiary/aromatic N) is 2. The highest BCUT2D eigenvalue weighted by atomic mass is 16.7. The summed E-state index contributed by atoms with van der Waals surface area (Å²) in [5.41, 5.74) is 0.964. The van der Waals surface area contributed by atoms with Crippen molar-refractivity contribution in [2.45, 2.75) is 6.54 Å². The Morgan fingerprint density at radius 2 is 1.96 bits per heavy atom. The molecule has 6 heteroatoms. The standard InChI is InChI=1S/C18H18N2O4/c1-19-11-15(16(21)18(19)23)17(22)20(24-2)10-13-8-5-7-12-6-3-4-9-14(12)13/h3-9,21H,10-11H2,1-2H3. The summed E-state index contributed by atoms with van der Waals surface area (Å²) < 4.78 is 0. The van der Waals surface area contributed by atoms with Crippen LogP contribution in [0, 0.1) is 0 Å². The fraction of sp³-hybridized carbons (Fsp3) is 0.222. The van der Waals surface area contributed by atoms with Crippen LogP contribution in [0.25, 0.3) is 10.8 Å². The van der Waals surface area contributed by atoms with Gasteiger partial charge in [-0.05, 0) is 16.3 Å². The Kier molecular flexibility index (Phi) is 4.22. The first kappa shape index (κ1) is 16.0. The number of carbonyl (C=O) groups is 2. The number of rotatable bonds is 4. The van der Waals surface area contributed by atoms with E-state index in [9.17, 15) is 14.7 Å². The van der Waals surface area contributed by atoms with Gasteiger partial charge >= 0.3 is 0 Å². The van der Waals surface area contributed by atoms with Crippen molar-refractivity contribution in [1.82, 2.24) is 9.96 Å². The largest absolute Gasteiger partial charge is 0.503 e. The molecule has 1 N–H and O–H groups in total. The van der Waals surface area contributed by atoms with E-state index in [0.717, 1.165) is 21.4 Å². The molecule has 1 heterocycles. The van der Waals surface area contributed by atoms with Crippen LogP contribution in [0.2, 0.25) is 0 Å². The van der Waals surface area contributed by atoms with Gasteiger partial charge in [0.2, 0.25) is 0 Å². The molecule has 124 valence electrons. The third kappa shape index (κ3) is 2.72. The second-order valence-corrected chi connectivity index (χ2v) is 5.65. The van der Waals surface area contributed by atoms with Crippen molar-refractivity contribution in [3.8, 4) is 0 Å². The summed E-state index contributed by atoms with van der Waals surface area (Å²) in [6.07, 6.45) is 0. The van der Waals surface area contributed by atoms with Crippen molar-refractivity contribution in [3.05, 3.63) is 59.4 Å². The van der Waals surface area contributed by atoms with Gasteiger partial charge in [-0.15, -0.1) is 0 Å². The van der Waals surface area contributed by atoms with Gasteiger partial charge in [-0.25, -0.2) is 5.06 Å². The van der Waals surface area contributed by atoms with E-state index in [1.165, 1.54) is 19.1 Å². The maximum atomic E-state index is 12.6. The Balaban J connectivity index is 1.90. The van der Waals surface area contributed by atoms with Gasteiger partial charge < -0.3 is 10.0 Å². The Labute approximate surface area is 139 Å². The lowest BCUT2D eigenvalue weighted by Crippen LogP contribution is -2.32. The number of likely N-dealkylation sites (N-methyl/N-ethyl adjacent to an activating group) is 1. The van der Waals surface area contributed by atoms with E-state index in [1.807, 2.05) is 42.5 Å². The molecule has 0 saturated carbocycles. The topological polar surface area (TPSA) is 70.1 Å². The van der Waals surface area contributed by atoms with Crippen LogP contribution in [0.4, 0.5) is 0 Å². The van der Waals surface area contributed by atoms with Gasteiger partial charge in [0.05, 0.1) is 25.8 Å². The highest BCUT2D eigenvalue weighted by molar-refractivity contribution is 6.06. The van der Waals surface area contributed by atoms with Gasteiger partial charge in [-0.2, -0.15) is 0 Å². The second-order valence-electron chi connectivity index (χ2n) is 5.65. The van der Waals surface area contributed by atoms with Crippen LogP contribution >= 0.6 is 0 Å². The van der Waals surface area contributed by atoms with Gasteiger partial charge in [-0.1, -0.05) is 42.5 Å². The molecule has 0 aromatic heterocycles. The lowest BCUT2D eigenvalue weighted by atomic mass is 10.0. The molecule has 0 saturated heterocycles. The van der Waals surface area contributed by atoms with Gasteiger partial charge in [0.1, 0.15) is 0 Å². The number of benzene rings is 2. The van der Waals surface area contributed by atoms with E-state index in [1.54, 1.807) is 0 Å². The first-order valence-corrected chi connectivity index (χ1v) is 7.53. The Morgan fingerprint density at radius 3 is 2.62 bits per heavy atom. The van der Waals surface area contributed by atoms with Crippen molar-refractivity contribution in [3.63, 3.8) is 0 Å². The Bertz CT molecular complexity index is 839. The quantitative estimate of drug-likeness (QED) is 0.873. The van der Waals surface area contributed by atoms with E-state index in [4.69, 9.17) is 4.84 Å². The van der Waals surface area contributed by atoms with Crippen LogP contribution < -0.4 is 0 Å². The minimum atomic E-state index is -0.556. The first-order valence-electron chi connectivity index (χ1n) is 7.53. The zero-order valence-corrected chi connectivity index (χ0v) is 13.5. The lowest BCUT2D eigenvalue weighted by molar-refractivity contribution is -0.174. The molecular formula is C18H18N2O4. The van der Waals surface area contributed by atoms with E-state index >= 15 is 0 Å². The monoisotopic (exact) mass is 326 g/mol. The molecule has 0 unspecified atom stereocenters. The molecular weight excluding hydrogens is 308 g/mol. The van der Waals surface area contributed by atoms with E-state index in [2.05, 4.69) is 0 Å². The summed E-state index contributed by atoms with van der Waals surface area (Å²) in [7, 11) is 2.92. The number of carbonyl (C=O) groups excluding carboxylic acids is 2. The third-order valence-corrected chi connectivity index (χ3v) is 4.13. The maximum absolute atomic E-state index is 12.6. The van der Waals surface area contributed by atoms with E-state index < -0.39 is 17.6 Å². The van der Waals surface area contributed by atoms with Crippen LogP contribution in [-0.4, -0.2) is 47.6 Å². The summed E-state index contributed by atoms with van der Waals surface area (Å²) in [5.74, 6) is -1.58. The van der Waals surface area contributed by atoms with Gasteiger partial charge in [0.25, 0.3) is 11.8 Å². The number of hydrogen-bond acceptors (Lipinski definition) is 4. The van der Waals surface area contributed by atoms with Crippen LogP contribution in [-0.2, 0) is 21.0 Å². The highest BCUT2D eigenvalue weighted by Crippen LogP contribution is 2.23. The number of fused-ring (bicyclic) bond motifs is 1. The zero-order chi connectivity index (χ0) is 17.3. The molecule has 2 aromatic carbocycles. The van der Waals surface area contributed by atoms with Crippen LogP contribution in [0.1, 0.15) is 5.56 Å². The number of aliphatic hydroxyl groups is 1. The van der Waals surface area contributed by atoms with Crippen LogP contribution in [0.15, 0.2) is 53.8 Å². The molecule has 1 aliphatic heterocycles. The minimum Gasteiger partial charge on any atom is -0.503 e. The van der Waals surface area contributed by atoms with Crippen LogP contribution in [0.3, 0.4) is 0 Å². The van der Waals surface area contributed by atoms with Crippen molar-refractivity contribution < 1.29 is 19.5 Å². The second kappa shape index (κ2) is 6.33. The number of amides is 2. The van der Waals surface area contributed by atoms with Crippen molar-refractivity contribution in [2.75, 3.05) is 20.7 Å². The molecule has 0 atom stereocenters. The number of aliphatic hydroxyl groups excluding tert-OH is 1. The molecule has 0 radical (unpaired) electrons. The molecule has 2 aromatic rings.